The highest BCUT2D eigenvalue weighted by Gasteiger charge is 2.22. The van der Waals surface area contributed by atoms with Gasteiger partial charge in [-0.2, -0.15) is 5.10 Å². The third-order valence-electron chi connectivity index (χ3n) is 4.38. The molecule has 1 aliphatic heterocycles. The van der Waals surface area contributed by atoms with Gasteiger partial charge in [-0.15, -0.1) is 5.10 Å². The molecule has 8 heteroatoms. The van der Waals surface area contributed by atoms with Crippen molar-refractivity contribution in [2.24, 2.45) is 0 Å². The molecule has 0 aliphatic carbocycles. The first-order valence-corrected chi connectivity index (χ1v) is 9.00. The van der Waals surface area contributed by atoms with E-state index in [1.165, 1.54) is 11.3 Å². The van der Waals surface area contributed by atoms with Crippen LogP contribution in [-0.4, -0.2) is 40.2 Å². The molecule has 4 rings (SSSR count). The first-order valence-electron chi connectivity index (χ1n) is 8.18. The van der Waals surface area contributed by atoms with E-state index >= 15 is 0 Å². The van der Waals surface area contributed by atoms with Crippen LogP contribution in [0.1, 0.15) is 23.2 Å². The van der Waals surface area contributed by atoms with Gasteiger partial charge in [-0.1, -0.05) is 11.3 Å². The van der Waals surface area contributed by atoms with Gasteiger partial charge in [0.1, 0.15) is 0 Å². The van der Waals surface area contributed by atoms with Crippen molar-refractivity contribution in [1.29, 1.82) is 0 Å². The van der Waals surface area contributed by atoms with Crippen molar-refractivity contribution in [2.75, 3.05) is 23.7 Å². The zero-order valence-corrected chi connectivity index (χ0v) is 14.4. The van der Waals surface area contributed by atoms with Crippen molar-refractivity contribution in [1.82, 2.24) is 20.5 Å². The predicted octanol–water partition coefficient (Wildman–Crippen LogP) is 2.07. The number of carbonyl (C=O) groups excluding carboxylic acids is 1. The lowest BCUT2D eigenvalue weighted by molar-refractivity contribution is 0.0931. The van der Waals surface area contributed by atoms with Crippen LogP contribution in [0.25, 0.3) is 10.2 Å². The number of carbonyl (C=O) groups is 1. The maximum absolute atomic E-state index is 12.5. The van der Waals surface area contributed by atoms with Crippen molar-refractivity contribution in [2.45, 2.75) is 18.9 Å². The van der Waals surface area contributed by atoms with Gasteiger partial charge in [0.05, 0.1) is 10.2 Å². The van der Waals surface area contributed by atoms with E-state index in [9.17, 15) is 4.79 Å². The molecule has 25 heavy (non-hydrogen) atoms. The molecular weight excluding hydrogens is 336 g/mol. The molecule has 0 bridgehead atoms. The van der Waals surface area contributed by atoms with Crippen LogP contribution in [0.5, 0.6) is 0 Å². The fourth-order valence-corrected chi connectivity index (χ4v) is 3.78. The molecular formula is C17H18N6OS. The molecule has 0 radical (unpaired) electrons. The van der Waals surface area contributed by atoms with Crippen molar-refractivity contribution in [3.8, 4) is 0 Å². The largest absolute Gasteiger partial charge is 0.375 e. The summed E-state index contributed by atoms with van der Waals surface area (Å²) in [4.78, 5) is 18.9. The number of thiazole rings is 1. The Kier molecular flexibility index (Phi) is 4.19. The molecule has 1 aliphatic rings. The lowest BCUT2D eigenvalue weighted by atomic mass is 10.0. The number of anilines is 2. The number of hydrogen-bond donors (Lipinski definition) is 2. The minimum atomic E-state index is -0.0635. The first-order chi connectivity index (χ1) is 12.2. The number of piperidine rings is 1. The molecule has 0 saturated carbocycles. The third kappa shape index (κ3) is 3.39. The Bertz CT molecular complexity index is 889. The molecule has 1 amide bonds. The lowest BCUT2D eigenvalue weighted by Gasteiger charge is -2.32. The van der Waals surface area contributed by atoms with Gasteiger partial charge in [0.15, 0.2) is 10.9 Å². The van der Waals surface area contributed by atoms with E-state index in [1.54, 1.807) is 12.3 Å². The number of nitrogens with two attached hydrogens (primary N) is 1. The number of rotatable bonds is 3. The summed E-state index contributed by atoms with van der Waals surface area (Å²) in [6, 6.07) is 9.53. The Morgan fingerprint density at radius 3 is 2.88 bits per heavy atom. The second-order valence-electron chi connectivity index (χ2n) is 6.05. The van der Waals surface area contributed by atoms with Gasteiger partial charge in [-0.05, 0) is 43.2 Å². The fraction of sp³-hybridized carbons (Fsp3) is 0.294. The van der Waals surface area contributed by atoms with Crippen molar-refractivity contribution >= 4 is 38.4 Å². The van der Waals surface area contributed by atoms with E-state index in [4.69, 9.17) is 5.73 Å². The molecule has 128 valence electrons. The number of nitrogens with one attached hydrogen (secondary N) is 1. The minimum Gasteiger partial charge on any atom is -0.375 e. The van der Waals surface area contributed by atoms with Crippen molar-refractivity contribution in [3.63, 3.8) is 0 Å². The fourth-order valence-electron chi connectivity index (χ4n) is 3.07. The summed E-state index contributed by atoms with van der Waals surface area (Å²) >= 11 is 1.42. The van der Waals surface area contributed by atoms with Crippen LogP contribution in [-0.2, 0) is 0 Å². The number of hydrogen-bond acceptors (Lipinski definition) is 7. The summed E-state index contributed by atoms with van der Waals surface area (Å²) in [6.45, 7) is 1.70. The topological polar surface area (TPSA) is 97.0 Å². The van der Waals surface area contributed by atoms with Crippen LogP contribution in [0.2, 0.25) is 0 Å². The maximum atomic E-state index is 12.5. The van der Waals surface area contributed by atoms with Crippen LogP contribution in [0.3, 0.4) is 0 Å². The van der Waals surface area contributed by atoms with Gasteiger partial charge >= 0.3 is 0 Å². The van der Waals surface area contributed by atoms with E-state index in [-0.39, 0.29) is 11.9 Å². The number of aromatic nitrogens is 3. The molecule has 7 nitrogen and oxygen atoms in total. The number of amides is 1. The summed E-state index contributed by atoms with van der Waals surface area (Å²) in [5.74, 6) is 0.824. The Hall–Kier alpha value is -2.74. The normalized spacial score (nSPS) is 15.4. The van der Waals surface area contributed by atoms with E-state index < -0.39 is 0 Å². The van der Waals surface area contributed by atoms with E-state index in [0.717, 1.165) is 42.0 Å². The zero-order valence-electron chi connectivity index (χ0n) is 13.6. The zero-order chi connectivity index (χ0) is 17.2. The van der Waals surface area contributed by atoms with Crippen LogP contribution >= 0.6 is 11.3 Å². The van der Waals surface area contributed by atoms with Gasteiger partial charge in [0.25, 0.3) is 5.91 Å². The second kappa shape index (κ2) is 6.64. The summed E-state index contributed by atoms with van der Waals surface area (Å²) in [6.07, 6.45) is 3.44. The molecule has 3 heterocycles. The molecule has 2 aromatic heterocycles. The van der Waals surface area contributed by atoms with Gasteiger partial charge < -0.3 is 16.0 Å². The van der Waals surface area contributed by atoms with Gasteiger partial charge in [0.2, 0.25) is 0 Å². The Labute approximate surface area is 148 Å². The van der Waals surface area contributed by atoms with Gasteiger partial charge in [-0.25, -0.2) is 4.98 Å². The summed E-state index contributed by atoms with van der Waals surface area (Å²) in [5.41, 5.74) is 7.11. The summed E-state index contributed by atoms with van der Waals surface area (Å²) in [7, 11) is 0. The summed E-state index contributed by atoms with van der Waals surface area (Å²) in [5, 5.41) is 11.7. The average molecular weight is 354 g/mol. The van der Waals surface area contributed by atoms with Crippen molar-refractivity contribution < 1.29 is 4.79 Å². The van der Waals surface area contributed by atoms with Crippen LogP contribution in [0, 0.1) is 0 Å². The highest BCUT2D eigenvalue weighted by atomic mass is 32.1. The quantitative estimate of drug-likeness (QED) is 0.747. The highest BCUT2D eigenvalue weighted by Crippen LogP contribution is 2.24. The molecule has 0 atom stereocenters. The van der Waals surface area contributed by atoms with Crippen LogP contribution < -0.4 is 16.0 Å². The standard InChI is InChI=1S/C17H18N6OS/c18-17-21-13-10-11(3-4-14(13)25-17)16(24)20-12-5-8-23(9-6-12)15-2-1-7-19-22-15/h1-4,7,10,12H,5-6,8-9H2,(H2,18,21)(H,20,24). The first kappa shape index (κ1) is 15.8. The molecule has 1 fully saturated rings. The molecule has 3 N–H and O–H groups in total. The Morgan fingerprint density at radius 2 is 2.12 bits per heavy atom. The molecule has 3 aromatic rings. The molecule has 1 saturated heterocycles. The smallest absolute Gasteiger partial charge is 0.251 e. The SMILES string of the molecule is Nc1nc2cc(C(=O)NC3CCN(c4cccnn4)CC3)ccc2s1. The number of nitrogen functional groups attached to an aromatic ring is 1. The lowest BCUT2D eigenvalue weighted by Crippen LogP contribution is -2.45. The van der Waals surface area contributed by atoms with Crippen LogP contribution in [0.15, 0.2) is 36.5 Å². The van der Waals surface area contributed by atoms with Gasteiger partial charge in [-0.3, -0.25) is 4.79 Å². The third-order valence-corrected chi connectivity index (χ3v) is 5.24. The van der Waals surface area contributed by atoms with Gasteiger partial charge in [0, 0.05) is 30.9 Å². The molecule has 0 unspecified atom stereocenters. The number of benzene rings is 1. The van der Waals surface area contributed by atoms with Crippen molar-refractivity contribution in [3.05, 3.63) is 42.1 Å². The van der Waals surface area contributed by atoms with Crippen LogP contribution in [0.4, 0.5) is 10.9 Å². The number of nitrogens with zero attached hydrogens (tertiary/aromatic N) is 4. The minimum absolute atomic E-state index is 0.0635. The molecule has 0 spiro atoms. The van der Waals surface area contributed by atoms with E-state index in [1.807, 2.05) is 24.3 Å². The average Bonchev–Trinajstić information content (AvgIpc) is 3.02. The number of fused-ring (bicyclic) bond motifs is 1. The second-order valence-corrected chi connectivity index (χ2v) is 7.11. The predicted molar refractivity (Wildman–Crippen MR) is 98.8 cm³/mol. The highest BCUT2D eigenvalue weighted by molar-refractivity contribution is 7.22. The van der Waals surface area contributed by atoms with E-state index in [2.05, 4.69) is 25.4 Å². The Morgan fingerprint density at radius 1 is 1.28 bits per heavy atom. The molecule has 1 aromatic carbocycles. The van der Waals surface area contributed by atoms with E-state index in [0.29, 0.717) is 10.7 Å². The monoisotopic (exact) mass is 354 g/mol. The Balaban J connectivity index is 1.38. The summed E-state index contributed by atoms with van der Waals surface area (Å²) < 4.78 is 0.992. The maximum Gasteiger partial charge on any atom is 0.251 e.